The third-order valence-electron chi connectivity index (χ3n) is 2.19. The van der Waals surface area contributed by atoms with Crippen LogP contribution in [0, 0.1) is 0 Å². The van der Waals surface area contributed by atoms with Gasteiger partial charge in [-0.3, -0.25) is 5.10 Å². The zero-order valence-electron chi connectivity index (χ0n) is 7.27. The van der Waals surface area contributed by atoms with Crippen molar-refractivity contribution >= 4 is 21.6 Å². The summed E-state index contributed by atoms with van der Waals surface area (Å²) < 4.78 is 5.38. The minimum absolute atomic E-state index is 1.04. The Labute approximate surface area is 84.6 Å². The molecule has 4 heteroatoms. The molecule has 0 saturated carbocycles. The maximum Gasteiger partial charge on any atom is 0.0657 e. The van der Waals surface area contributed by atoms with Gasteiger partial charge in [-0.15, -0.1) is 0 Å². The molecular weight excluding hydrogens is 194 g/mol. The van der Waals surface area contributed by atoms with Crippen LogP contribution >= 0.6 is 11.5 Å². The molecule has 0 aliphatic heterocycles. The van der Waals surface area contributed by atoms with Gasteiger partial charge in [0, 0.05) is 23.3 Å². The molecule has 0 saturated heterocycles. The van der Waals surface area contributed by atoms with Gasteiger partial charge in [0.25, 0.3) is 0 Å². The second-order valence-electron chi connectivity index (χ2n) is 3.01. The first kappa shape index (κ1) is 7.70. The highest BCUT2D eigenvalue weighted by Gasteiger charge is 2.05. The molecular formula is C10H7N3S. The molecule has 0 unspecified atom stereocenters. The van der Waals surface area contributed by atoms with E-state index in [-0.39, 0.29) is 0 Å². The summed E-state index contributed by atoms with van der Waals surface area (Å²) in [6.07, 6.45) is 3.66. The number of aromatic nitrogens is 3. The Bertz CT molecular complexity index is 554. The molecule has 0 aliphatic rings. The van der Waals surface area contributed by atoms with E-state index in [1.165, 1.54) is 21.6 Å². The number of nitrogens with one attached hydrogen (secondary N) is 1. The van der Waals surface area contributed by atoms with Crippen LogP contribution < -0.4 is 0 Å². The van der Waals surface area contributed by atoms with Crippen molar-refractivity contribution in [3.8, 4) is 11.3 Å². The van der Waals surface area contributed by atoms with Crippen molar-refractivity contribution in [2.45, 2.75) is 0 Å². The summed E-state index contributed by atoms with van der Waals surface area (Å²) >= 11 is 1.51. The Morgan fingerprint density at radius 3 is 3.07 bits per heavy atom. The zero-order chi connectivity index (χ0) is 9.38. The number of hydrogen-bond donors (Lipinski definition) is 1. The van der Waals surface area contributed by atoms with E-state index in [1.54, 1.807) is 6.20 Å². The fraction of sp³-hybridized carbons (Fsp3) is 0. The van der Waals surface area contributed by atoms with Gasteiger partial charge in [0.15, 0.2) is 0 Å². The van der Waals surface area contributed by atoms with Gasteiger partial charge in [-0.05, 0) is 23.7 Å². The first-order valence-electron chi connectivity index (χ1n) is 4.28. The average molecular weight is 201 g/mol. The van der Waals surface area contributed by atoms with Crippen LogP contribution in [0.3, 0.4) is 0 Å². The number of H-pyrrole nitrogens is 1. The summed E-state index contributed by atoms with van der Waals surface area (Å²) in [4.78, 5) is 0. The molecule has 0 atom stereocenters. The van der Waals surface area contributed by atoms with Crippen LogP contribution in [0.15, 0.2) is 36.7 Å². The zero-order valence-corrected chi connectivity index (χ0v) is 8.08. The lowest BCUT2D eigenvalue weighted by Gasteiger charge is -1.97. The Kier molecular flexibility index (Phi) is 1.61. The molecule has 0 radical (unpaired) electrons. The fourth-order valence-electron chi connectivity index (χ4n) is 1.53. The number of benzene rings is 1. The first-order valence-corrected chi connectivity index (χ1v) is 5.05. The Morgan fingerprint density at radius 1 is 1.21 bits per heavy atom. The standard InChI is InChI=1S/C10H7N3S/c1-2-7(9-4-5-11-13-9)8-6-12-14-10(8)3-1/h1-6H,(H,11,13). The van der Waals surface area contributed by atoms with Crippen molar-refractivity contribution in [3.05, 3.63) is 36.7 Å². The van der Waals surface area contributed by atoms with Gasteiger partial charge in [0.2, 0.25) is 0 Å². The van der Waals surface area contributed by atoms with E-state index >= 15 is 0 Å². The van der Waals surface area contributed by atoms with Gasteiger partial charge in [0.05, 0.1) is 10.4 Å². The second-order valence-corrected chi connectivity index (χ2v) is 3.85. The van der Waals surface area contributed by atoms with E-state index in [1.807, 2.05) is 18.3 Å². The van der Waals surface area contributed by atoms with E-state index < -0.39 is 0 Å². The van der Waals surface area contributed by atoms with E-state index in [4.69, 9.17) is 0 Å². The number of aromatic amines is 1. The highest BCUT2D eigenvalue weighted by Crippen LogP contribution is 2.28. The van der Waals surface area contributed by atoms with Crippen LogP contribution in [0.4, 0.5) is 0 Å². The minimum Gasteiger partial charge on any atom is -0.278 e. The predicted molar refractivity (Wildman–Crippen MR) is 57.2 cm³/mol. The van der Waals surface area contributed by atoms with Gasteiger partial charge < -0.3 is 0 Å². The van der Waals surface area contributed by atoms with E-state index in [0.29, 0.717) is 0 Å². The van der Waals surface area contributed by atoms with Crippen LogP contribution in [0.5, 0.6) is 0 Å². The van der Waals surface area contributed by atoms with Gasteiger partial charge in [-0.1, -0.05) is 12.1 Å². The van der Waals surface area contributed by atoms with Crippen molar-refractivity contribution in [2.75, 3.05) is 0 Å². The van der Waals surface area contributed by atoms with Crippen molar-refractivity contribution < 1.29 is 0 Å². The van der Waals surface area contributed by atoms with Crippen molar-refractivity contribution in [3.63, 3.8) is 0 Å². The molecule has 0 aliphatic carbocycles. The van der Waals surface area contributed by atoms with Crippen LogP contribution in [0.2, 0.25) is 0 Å². The minimum atomic E-state index is 1.04. The number of hydrogen-bond acceptors (Lipinski definition) is 3. The molecule has 68 valence electrons. The quantitative estimate of drug-likeness (QED) is 0.657. The molecule has 3 rings (SSSR count). The molecule has 2 aromatic heterocycles. The lowest BCUT2D eigenvalue weighted by molar-refractivity contribution is 1.10. The summed E-state index contributed by atoms with van der Waals surface area (Å²) in [5.41, 5.74) is 2.20. The molecule has 1 aromatic carbocycles. The number of fused-ring (bicyclic) bond motifs is 1. The Hall–Kier alpha value is -1.68. The van der Waals surface area contributed by atoms with Gasteiger partial charge in [-0.2, -0.15) is 9.47 Å². The molecule has 0 spiro atoms. The Balaban J connectivity index is 2.36. The monoisotopic (exact) mass is 201 g/mol. The van der Waals surface area contributed by atoms with Crippen molar-refractivity contribution in [2.24, 2.45) is 0 Å². The van der Waals surface area contributed by atoms with Crippen LogP contribution in [0.25, 0.3) is 21.3 Å². The molecule has 2 heterocycles. The van der Waals surface area contributed by atoms with Gasteiger partial charge in [-0.25, -0.2) is 0 Å². The molecule has 3 aromatic rings. The SMILES string of the molecule is c1cc(-c2ccn[nH]2)c2cnsc2c1. The molecule has 1 N–H and O–H groups in total. The van der Waals surface area contributed by atoms with Crippen LogP contribution in [-0.2, 0) is 0 Å². The lowest BCUT2D eigenvalue weighted by Crippen LogP contribution is -1.78. The van der Waals surface area contributed by atoms with E-state index in [2.05, 4.69) is 26.7 Å². The highest BCUT2D eigenvalue weighted by molar-refractivity contribution is 7.13. The maximum absolute atomic E-state index is 4.18. The van der Waals surface area contributed by atoms with Crippen molar-refractivity contribution in [1.29, 1.82) is 0 Å². The third kappa shape index (κ3) is 1.04. The van der Waals surface area contributed by atoms with E-state index in [0.717, 1.165) is 11.3 Å². The molecule has 14 heavy (non-hydrogen) atoms. The average Bonchev–Trinajstić information content (AvgIpc) is 2.88. The lowest BCUT2D eigenvalue weighted by atomic mass is 10.1. The molecule has 0 bridgehead atoms. The first-order chi connectivity index (χ1) is 6.95. The molecule has 0 amide bonds. The van der Waals surface area contributed by atoms with Gasteiger partial charge >= 0.3 is 0 Å². The molecule has 3 nitrogen and oxygen atoms in total. The normalized spacial score (nSPS) is 10.9. The van der Waals surface area contributed by atoms with Crippen molar-refractivity contribution in [1.82, 2.24) is 14.6 Å². The summed E-state index contributed by atoms with van der Waals surface area (Å²) in [7, 11) is 0. The highest BCUT2D eigenvalue weighted by atomic mass is 32.1. The molecule has 0 fully saturated rings. The third-order valence-corrected chi connectivity index (χ3v) is 2.95. The second kappa shape index (κ2) is 2.92. The van der Waals surface area contributed by atoms with Gasteiger partial charge in [0.1, 0.15) is 0 Å². The maximum atomic E-state index is 4.18. The summed E-state index contributed by atoms with van der Waals surface area (Å²) in [5, 5.41) is 8.09. The Morgan fingerprint density at radius 2 is 2.21 bits per heavy atom. The number of nitrogens with zero attached hydrogens (tertiary/aromatic N) is 2. The summed E-state index contributed by atoms with van der Waals surface area (Å²) in [6, 6.07) is 8.15. The smallest absolute Gasteiger partial charge is 0.0657 e. The summed E-state index contributed by atoms with van der Waals surface area (Å²) in [6.45, 7) is 0. The van der Waals surface area contributed by atoms with Crippen LogP contribution in [-0.4, -0.2) is 14.6 Å². The van der Waals surface area contributed by atoms with Crippen LogP contribution in [0.1, 0.15) is 0 Å². The predicted octanol–water partition coefficient (Wildman–Crippen LogP) is 2.69. The topological polar surface area (TPSA) is 41.6 Å². The largest absolute Gasteiger partial charge is 0.278 e. The van der Waals surface area contributed by atoms with E-state index in [9.17, 15) is 0 Å². The number of rotatable bonds is 1. The summed E-state index contributed by atoms with van der Waals surface area (Å²) in [5.74, 6) is 0. The fourth-order valence-corrected chi connectivity index (χ4v) is 2.21.